The second kappa shape index (κ2) is 9.73. The number of carbonyl (C=O) groups excluding carboxylic acids is 2. The third kappa shape index (κ3) is 5.35. The molecule has 0 heterocycles. The number of ether oxygens (including phenoxy) is 2. The van der Waals surface area contributed by atoms with Gasteiger partial charge >= 0.3 is 17.9 Å². The van der Waals surface area contributed by atoms with Crippen LogP contribution in [0, 0.1) is 11.8 Å². The summed E-state index contributed by atoms with van der Waals surface area (Å²) in [4.78, 5) is 35.8. The SMILES string of the molecule is CCC(C)c1c(Cl)cccc1OCC(=O)OC(=O)C1CC(C)=CCC1C(=O)O. The maximum Gasteiger partial charge on any atom is 0.351 e. The quantitative estimate of drug-likeness (QED) is 0.409. The van der Waals surface area contributed by atoms with E-state index in [0.717, 1.165) is 17.6 Å². The topological polar surface area (TPSA) is 89.9 Å². The van der Waals surface area contributed by atoms with Gasteiger partial charge in [-0.25, -0.2) is 4.79 Å². The number of esters is 2. The molecule has 2 rings (SSSR count). The van der Waals surface area contributed by atoms with Gasteiger partial charge in [0, 0.05) is 10.6 Å². The molecule has 1 aliphatic carbocycles. The molecule has 7 heteroatoms. The van der Waals surface area contributed by atoms with Gasteiger partial charge in [-0.15, -0.1) is 0 Å². The smallest absolute Gasteiger partial charge is 0.351 e. The van der Waals surface area contributed by atoms with Gasteiger partial charge in [-0.2, -0.15) is 0 Å². The standard InChI is InChI=1S/C21H25ClO6/c1-4-13(3)19-16(22)6-5-7-17(19)27-11-18(23)28-21(26)15-10-12(2)8-9-14(15)20(24)25/h5-8,13-15H,4,9-11H2,1-3H3,(H,24,25). The fraction of sp³-hybridized carbons (Fsp3) is 0.476. The molecule has 1 aromatic rings. The second-order valence-corrected chi connectivity index (χ2v) is 7.49. The third-order valence-corrected chi connectivity index (χ3v) is 5.38. The highest BCUT2D eigenvalue weighted by molar-refractivity contribution is 6.31. The fourth-order valence-corrected chi connectivity index (χ4v) is 3.62. The molecule has 0 saturated heterocycles. The van der Waals surface area contributed by atoms with Crippen molar-refractivity contribution in [1.29, 1.82) is 0 Å². The summed E-state index contributed by atoms with van der Waals surface area (Å²) in [6, 6.07) is 5.18. The zero-order valence-electron chi connectivity index (χ0n) is 16.2. The van der Waals surface area contributed by atoms with Crippen LogP contribution < -0.4 is 4.74 Å². The van der Waals surface area contributed by atoms with E-state index in [2.05, 4.69) is 0 Å². The van der Waals surface area contributed by atoms with Crippen LogP contribution in [0.15, 0.2) is 29.8 Å². The van der Waals surface area contributed by atoms with Gasteiger partial charge in [-0.05, 0) is 44.2 Å². The lowest BCUT2D eigenvalue weighted by atomic mass is 9.80. The van der Waals surface area contributed by atoms with Gasteiger partial charge < -0.3 is 14.6 Å². The molecule has 1 N–H and O–H groups in total. The second-order valence-electron chi connectivity index (χ2n) is 7.08. The molecule has 0 amide bonds. The fourth-order valence-electron chi connectivity index (χ4n) is 3.26. The lowest BCUT2D eigenvalue weighted by Gasteiger charge is -2.25. The highest BCUT2D eigenvalue weighted by Gasteiger charge is 2.37. The summed E-state index contributed by atoms with van der Waals surface area (Å²) in [5.41, 5.74) is 1.70. The number of carboxylic acid groups (broad SMARTS) is 1. The summed E-state index contributed by atoms with van der Waals surface area (Å²) in [7, 11) is 0. The van der Waals surface area contributed by atoms with E-state index in [1.54, 1.807) is 24.3 Å². The lowest BCUT2D eigenvalue weighted by molar-refractivity contribution is -0.168. The van der Waals surface area contributed by atoms with Crippen molar-refractivity contribution < 1.29 is 29.0 Å². The maximum atomic E-state index is 12.3. The van der Waals surface area contributed by atoms with Crippen LogP contribution in [0.5, 0.6) is 5.75 Å². The Morgan fingerprint density at radius 3 is 2.64 bits per heavy atom. The molecule has 0 saturated carbocycles. The molecule has 0 aromatic heterocycles. The lowest BCUT2D eigenvalue weighted by Crippen LogP contribution is -2.35. The zero-order valence-corrected chi connectivity index (χ0v) is 17.0. The summed E-state index contributed by atoms with van der Waals surface area (Å²) >= 11 is 6.25. The van der Waals surface area contributed by atoms with E-state index in [4.69, 9.17) is 21.1 Å². The highest BCUT2D eigenvalue weighted by atomic mass is 35.5. The molecule has 28 heavy (non-hydrogen) atoms. The van der Waals surface area contributed by atoms with Gasteiger partial charge in [0.2, 0.25) is 0 Å². The number of aliphatic carboxylic acids is 1. The monoisotopic (exact) mass is 408 g/mol. The van der Waals surface area contributed by atoms with Gasteiger partial charge in [0.05, 0.1) is 11.8 Å². The first-order valence-corrected chi connectivity index (χ1v) is 9.66. The number of carboxylic acids is 1. The van der Waals surface area contributed by atoms with E-state index in [1.165, 1.54) is 0 Å². The normalized spacial score (nSPS) is 20.1. The van der Waals surface area contributed by atoms with Crippen molar-refractivity contribution in [2.24, 2.45) is 11.8 Å². The van der Waals surface area contributed by atoms with Crippen LogP contribution in [-0.2, 0) is 19.1 Å². The molecular formula is C21H25ClO6. The first-order chi connectivity index (χ1) is 13.2. The van der Waals surface area contributed by atoms with Crippen LogP contribution in [0.25, 0.3) is 0 Å². The first-order valence-electron chi connectivity index (χ1n) is 9.28. The van der Waals surface area contributed by atoms with Crippen LogP contribution in [0.1, 0.15) is 51.5 Å². The average molecular weight is 409 g/mol. The van der Waals surface area contributed by atoms with E-state index >= 15 is 0 Å². The summed E-state index contributed by atoms with van der Waals surface area (Å²) in [6.45, 7) is 5.37. The predicted octanol–water partition coefficient (Wildman–Crippen LogP) is 4.36. The number of carbonyl (C=O) groups is 3. The Bertz CT molecular complexity index is 785. The molecule has 6 nitrogen and oxygen atoms in total. The number of rotatable bonds is 7. The van der Waals surface area contributed by atoms with Crippen LogP contribution >= 0.6 is 11.6 Å². The first kappa shape index (κ1) is 22.0. The van der Waals surface area contributed by atoms with Gasteiger partial charge in [-0.3, -0.25) is 9.59 Å². The van der Waals surface area contributed by atoms with Crippen molar-refractivity contribution in [3.05, 3.63) is 40.4 Å². The molecule has 3 atom stereocenters. The Balaban J connectivity index is 2.01. The van der Waals surface area contributed by atoms with Crippen molar-refractivity contribution in [3.63, 3.8) is 0 Å². The van der Waals surface area contributed by atoms with E-state index in [9.17, 15) is 19.5 Å². The van der Waals surface area contributed by atoms with Crippen molar-refractivity contribution in [1.82, 2.24) is 0 Å². The van der Waals surface area contributed by atoms with Crippen LogP contribution in [-0.4, -0.2) is 29.6 Å². The van der Waals surface area contributed by atoms with Crippen LogP contribution in [0.3, 0.4) is 0 Å². The summed E-state index contributed by atoms with van der Waals surface area (Å²) in [6.07, 6.45) is 3.14. The number of allylic oxidation sites excluding steroid dienone is 2. The number of hydrogen-bond acceptors (Lipinski definition) is 5. The van der Waals surface area contributed by atoms with Gasteiger partial charge in [0.15, 0.2) is 6.61 Å². The Morgan fingerprint density at radius 2 is 2.00 bits per heavy atom. The number of halogens is 1. The van der Waals surface area contributed by atoms with E-state index in [1.807, 2.05) is 20.8 Å². The van der Waals surface area contributed by atoms with E-state index in [0.29, 0.717) is 10.8 Å². The van der Waals surface area contributed by atoms with Crippen LogP contribution in [0.2, 0.25) is 5.02 Å². The Labute approximate surface area is 169 Å². The number of hydrogen-bond donors (Lipinski definition) is 1. The summed E-state index contributed by atoms with van der Waals surface area (Å²) in [5.74, 6) is -3.95. The highest BCUT2D eigenvalue weighted by Crippen LogP contribution is 2.35. The molecule has 1 aromatic carbocycles. The van der Waals surface area contributed by atoms with E-state index in [-0.39, 0.29) is 18.8 Å². The minimum atomic E-state index is -1.08. The summed E-state index contributed by atoms with van der Waals surface area (Å²) < 4.78 is 10.4. The Hall–Kier alpha value is -2.34. The Kier molecular flexibility index (Phi) is 7.63. The van der Waals surface area contributed by atoms with E-state index < -0.39 is 36.4 Å². The minimum Gasteiger partial charge on any atom is -0.482 e. The molecule has 0 spiro atoms. The van der Waals surface area contributed by atoms with Crippen LogP contribution in [0.4, 0.5) is 0 Å². The molecule has 1 aliphatic rings. The van der Waals surface area contributed by atoms with Crippen molar-refractivity contribution in [2.75, 3.05) is 6.61 Å². The largest absolute Gasteiger partial charge is 0.482 e. The molecular weight excluding hydrogens is 384 g/mol. The maximum absolute atomic E-state index is 12.3. The molecule has 3 unspecified atom stereocenters. The van der Waals surface area contributed by atoms with Crippen molar-refractivity contribution >= 4 is 29.5 Å². The molecule has 0 aliphatic heterocycles. The Morgan fingerprint density at radius 1 is 1.29 bits per heavy atom. The predicted molar refractivity (Wildman–Crippen MR) is 104 cm³/mol. The molecule has 152 valence electrons. The average Bonchev–Trinajstić information content (AvgIpc) is 2.65. The number of benzene rings is 1. The van der Waals surface area contributed by atoms with Crippen molar-refractivity contribution in [3.8, 4) is 5.75 Å². The zero-order chi connectivity index (χ0) is 20.8. The third-order valence-electron chi connectivity index (χ3n) is 5.05. The van der Waals surface area contributed by atoms with Crippen molar-refractivity contribution in [2.45, 2.75) is 46.0 Å². The molecule has 0 bridgehead atoms. The van der Waals surface area contributed by atoms with Gasteiger partial charge in [0.25, 0.3) is 0 Å². The summed E-state index contributed by atoms with van der Waals surface area (Å²) in [5, 5.41) is 9.85. The molecule has 0 fully saturated rings. The molecule has 0 radical (unpaired) electrons. The van der Waals surface area contributed by atoms with Gasteiger partial charge in [0.1, 0.15) is 5.75 Å². The minimum absolute atomic E-state index is 0.134. The van der Waals surface area contributed by atoms with Gasteiger partial charge in [-0.1, -0.05) is 43.2 Å².